The minimum Gasteiger partial charge on any atom is -0.497 e. The molecular weight excluding hydrogens is 382 g/mol. The zero-order valence-electron chi connectivity index (χ0n) is 15.9. The fourth-order valence-electron chi connectivity index (χ4n) is 2.34. The number of nitrogens with zero attached hydrogens (tertiary/aromatic N) is 2. The van der Waals surface area contributed by atoms with E-state index >= 15 is 0 Å². The van der Waals surface area contributed by atoms with Crippen LogP contribution in [0.1, 0.15) is 57.6 Å². The number of nitrogens with one attached hydrogen (secondary N) is 1. The maximum absolute atomic E-state index is 12.8. The van der Waals surface area contributed by atoms with Crippen molar-refractivity contribution in [3.8, 4) is 5.75 Å². The Labute approximate surface area is 157 Å². The van der Waals surface area contributed by atoms with Crippen molar-refractivity contribution in [1.29, 1.82) is 0 Å². The lowest BCUT2D eigenvalue weighted by Crippen LogP contribution is -2.27. The topological polar surface area (TPSA) is 56.1 Å². The molecule has 0 aliphatic carbocycles. The van der Waals surface area contributed by atoms with Crippen molar-refractivity contribution in [2.45, 2.75) is 52.5 Å². The summed E-state index contributed by atoms with van der Waals surface area (Å²) in [6.45, 7) is 12.5. The van der Waals surface area contributed by atoms with E-state index in [4.69, 9.17) is 9.84 Å². The molecule has 5 nitrogen and oxygen atoms in total. The van der Waals surface area contributed by atoms with E-state index in [-0.39, 0.29) is 16.9 Å². The fraction of sp³-hybridized carbons (Fsp3) is 0.474. The number of hydrogen-bond donors (Lipinski definition) is 1. The molecule has 136 valence electrons. The first-order chi connectivity index (χ1) is 11.4. The lowest BCUT2D eigenvalue weighted by molar-refractivity contribution is 0.102. The molecule has 25 heavy (non-hydrogen) atoms. The van der Waals surface area contributed by atoms with Crippen LogP contribution in [0.25, 0.3) is 0 Å². The van der Waals surface area contributed by atoms with E-state index in [2.05, 4.69) is 62.8 Å². The summed E-state index contributed by atoms with van der Waals surface area (Å²) in [4.78, 5) is 12.8. The lowest BCUT2D eigenvalue weighted by Gasteiger charge is -2.23. The van der Waals surface area contributed by atoms with Crippen molar-refractivity contribution in [1.82, 2.24) is 9.78 Å². The van der Waals surface area contributed by atoms with Gasteiger partial charge in [0, 0.05) is 16.0 Å². The quantitative estimate of drug-likeness (QED) is 0.781. The lowest BCUT2D eigenvalue weighted by atomic mass is 9.92. The van der Waals surface area contributed by atoms with Gasteiger partial charge in [0.05, 0.1) is 23.9 Å². The van der Waals surface area contributed by atoms with E-state index in [1.54, 1.807) is 25.3 Å². The number of rotatable bonds is 3. The SMILES string of the molecule is COc1ccc(Br)c(C(=O)Nc2cc(C(C)(C)C)nn2C(C)(C)C)c1. The number of benzene rings is 1. The summed E-state index contributed by atoms with van der Waals surface area (Å²) < 4.78 is 7.79. The number of carbonyl (C=O) groups is 1. The van der Waals surface area contributed by atoms with Crippen LogP contribution in [0.3, 0.4) is 0 Å². The molecule has 0 fully saturated rings. The Balaban J connectivity index is 2.43. The Hall–Kier alpha value is -1.82. The molecule has 0 bridgehead atoms. The number of amides is 1. The smallest absolute Gasteiger partial charge is 0.258 e. The highest BCUT2D eigenvalue weighted by Crippen LogP contribution is 2.29. The van der Waals surface area contributed by atoms with Gasteiger partial charge < -0.3 is 10.1 Å². The molecule has 0 spiro atoms. The van der Waals surface area contributed by atoms with Crippen LogP contribution >= 0.6 is 15.9 Å². The van der Waals surface area contributed by atoms with Crippen molar-refractivity contribution in [2.75, 3.05) is 12.4 Å². The monoisotopic (exact) mass is 407 g/mol. The van der Waals surface area contributed by atoms with Gasteiger partial charge in [0.25, 0.3) is 5.91 Å². The zero-order chi connectivity index (χ0) is 19.0. The molecule has 0 unspecified atom stereocenters. The van der Waals surface area contributed by atoms with Gasteiger partial charge in [-0.05, 0) is 54.9 Å². The Kier molecular flexibility index (Phi) is 5.33. The normalized spacial score (nSPS) is 12.2. The fourth-order valence-corrected chi connectivity index (χ4v) is 2.76. The van der Waals surface area contributed by atoms with Crippen LogP contribution in [0.5, 0.6) is 5.75 Å². The molecule has 0 aliphatic heterocycles. The Bertz CT molecular complexity index is 783. The molecule has 1 aromatic carbocycles. The van der Waals surface area contributed by atoms with Crippen molar-refractivity contribution in [3.63, 3.8) is 0 Å². The third-order valence-electron chi connectivity index (χ3n) is 3.77. The van der Waals surface area contributed by atoms with Gasteiger partial charge in [0.15, 0.2) is 0 Å². The number of carbonyl (C=O) groups excluding carboxylic acids is 1. The number of anilines is 1. The van der Waals surface area contributed by atoms with E-state index in [0.717, 1.165) is 5.69 Å². The number of methoxy groups -OCH3 is 1. The second kappa shape index (κ2) is 6.83. The molecule has 1 heterocycles. The summed E-state index contributed by atoms with van der Waals surface area (Å²) in [6, 6.07) is 7.26. The van der Waals surface area contributed by atoms with Crippen LogP contribution in [-0.4, -0.2) is 22.8 Å². The van der Waals surface area contributed by atoms with Crippen LogP contribution in [-0.2, 0) is 11.0 Å². The summed E-state index contributed by atoms with van der Waals surface area (Å²) in [5, 5.41) is 7.72. The zero-order valence-corrected chi connectivity index (χ0v) is 17.5. The van der Waals surface area contributed by atoms with E-state index in [9.17, 15) is 4.79 Å². The molecule has 1 amide bonds. The van der Waals surface area contributed by atoms with Gasteiger partial charge >= 0.3 is 0 Å². The van der Waals surface area contributed by atoms with Crippen LogP contribution in [0, 0.1) is 0 Å². The minimum atomic E-state index is -0.252. The summed E-state index contributed by atoms with van der Waals surface area (Å²) in [7, 11) is 1.58. The second-order valence-electron chi connectivity index (χ2n) is 8.05. The van der Waals surface area contributed by atoms with Crippen molar-refractivity contribution < 1.29 is 9.53 Å². The van der Waals surface area contributed by atoms with Gasteiger partial charge in [0.1, 0.15) is 11.6 Å². The van der Waals surface area contributed by atoms with Gasteiger partial charge in [0.2, 0.25) is 0 Å². The van der Waals surface area contributed by atoms with Crippen LogP contribution < -0.4 is 10.1 Å². The maximum Gasteiger partial charge on any atom is 0.258 e. The molecule has 0 atom stereocenters. The van der Waals surface area contributed by atoms with E-state index in [0.29, 0.717) is 21.6 Å². The molecule has 0 saturated heterocycles. The summed E-state index contributed by atoms with van der Waals surface area (Å²) in [5.74, 6) is 1.10. The van der Waals surface area contributed by atoms with Gasteiger partial charge in [-0.15, -0.1) is 0 Å². The Morgan fingerprint density at radius 1 is 1.16 bits per heavy atom. The van der Waals surface area contributed by atoms with Gasteiger partial charge in [-0.25, -0.2) is 4.68 Å². The van der Waals surface area contributed by atoms with Crippen molar-refractivity contribution >= 4 is 27.7 Å². The highest BCUT2D eigenvalue weighted by molar-refractivity contribution is 9.10. The molecule has 2 rings (SSSR count). The second-order valence-corrected chi connectivity index (χ2v) is 8.90. The standard InChI is InChI=1S/C19H26BrN3O2/c1-18(2,3)15-11-16(23(22-15)19(4,5)6)21-17(24)13-10-12(25-7)8-9-14(13)20/h8-11H,1-7H3,(H,21,24). The van der Waals surface area contributed by atoms with Crippen molar-refractivity contribution in [2.24, 2.45) is 0 Å². The van der Waals surface area contributed by atoms with Gasteiger partial charge in [-0.1, -0.05) is 20.8 Å². The van der Waals surface area contributed by atoms with E-state index in [1.807, 2.05) is 10.7 Å². The molecule has 1 aromatic heterocycles. The first-order valence-electron chi connectivity index (χ1n) is 8.19. The minimum absolute atomic E-state index is 0.105. The van der Waals surface area contributed by atoms with Gasteiger partial charge in [-0.2, -0.15) is 5.10 Å². The van der Waals surface area contributed by atoms with Crippen molar-refractivity contribution in [3.05, 3.63) is 40.0 Å². The third kappa shape index (κ3) is 4.42. The summed E-state index contributed by atoms with van der Waals surface area (Å²) in [5.41, 5.74) is 1.09. The molecule has 0 radical (unpaired) electrons. The van der Waals surface area contributed by atoms with E-state index < -0.39 is 0 Å². The molecule has 0 aliphatic rings. The molecular formula is C19H26BrN3O2. The van der Waals surface area contributed by atoms with Crippen LogP contribution in [0.15, 0.2) is 28.7 Å². The van der Waals surface area contributed by atoms with E-state index in [1.165, 1.54) is 0 Å². The first-order valence-corrected chi connectivity index (χ1v) is 8.98. The average Bonchev–Trinajstić information content (AvgIpc) is 2.91. The Morgan fingerprint density at radius 2 is 1.80 bits per heavy atom. The molecule has 0 saturated carbocycles. The third-order valence-corrected chi connectivity index (χ3v) is 4.46. The molecule has 6 heteroatoms. The Morgan fingerprint density at radius 3 is 2.32 bits per heavy atom. The predicted molar refractivity (Wildman–Crippen MR) is 105 cm³/mol. The average molecular weight is 408 g/mol. The number of halogens is 1. The van der Waals surface area contributed by atoms with Crippen LogP contribution in [0.2, 0.25) is 0 Å². The molecule has 1 N–H and O–H groups in total. The summed E-state index contributed by atoms with van der Waals surface area (Å²) >= 11 is 3.43. The highest BCUT2D eigenvalue weighted by atomic mass is 79.9. The number of ether oxygens (including phenoxy) is 1. The molecule has 2 aromatic rings. The van der Waals surface area contributed by atoms with Crippen LogP contribution in [0.4, 0.5) is 5.82 Å². The summed E-state index contributed by atoms with van der Waals surface area (Å²) in [6.07, 6.45) is 0. The first kappa shape index (κ1) is 19.5. The number of aromatic nitrogens is 2. The van der Waals surface area contributed by atoms with Gasteiger partial charge in [-0.3, -0.25) is 4.79 Å². The maximum atomic E-state index is 12.8. The highest BCUT2D eigenvalue weighted by Gasteiger charge is 2.26. The number of hydrogen-bond acceptors (Lipinski definition) is 3. The predicted octanol–water partition coefficient (Wildman–Crippen LogP) is 4.96. The largest absolute Gasteiger partial charge is 0.497 e.